The van der Waals surface area contributed by atoms with Gasteiger partial charge in [0, 0.05) is 11.3 Å². The van der Waals surface area contributed by atoms with E-state index in [9.17, 15) is 0 Å². The number of hydrogen-bond donors (Lipinski definition) is 1. The van der Waals surface area contributed by atoms with E-state index < -0.39 is 16.6 Å². The molecule has 3 aliphatic heterocycles. The van der Waals surface area contributed by atoms with E-state index in [0.717, 1.165) is 48.8 Å². The molecular formula is C33H56N6O3Si2. The first-order chi connectivity index (χ1) is 20.5. The van der Waals surface area contributed by atoms with Crippen molar-refractivity contribution in [2.45, 2.75) is 128 Å². The predicted molar refractivity (Wildman–Crippen MR) is 185 cm³/mol. The second kappa shape index (κ2) is 12.3. The molecule has 2 bridgehead atoms. The molecule has 244 valence electrons. The summed E-state index contributed by atoms with van der Waals surface area (Å²) in [5.74, 6) is 2.14. The minimum Gasteiger partial charge on any atom is -0.415 e. The molecule has 1 aromatic heterocycles. The molecule has 2 aromatic rings. The standard InChI is InChI=1S/C33H56N6O3Si2/c1-32(2,3)43(7,8)41-21-27-17-18-28(22-42-44(9,10)33(4,5)6)39(27)31-36-29(23-11-13-24(34)14-12-23)35-30(37-31)38-25-15-16-26(38)20-40-19-25/h11-14,25-28H,15-22,34H2,1-10H3/t25?,26?,27-,28+. The molecule has 0 saturated carbocycles. The maximum atomic E-state index is 6.85. The lowest BCUT2D eigenvalue weighted by Crippen LogP contribution is -2.50. The fourth-order valence-corrected chi connectivity index (χ4v) is 8.04. The topological polar surface area (TPSA) is 98.9 Å². The van der Waals surface area contributed by atoms with Gasteiger partial charge in [0.25, 0.3) is 0 Å². The summed E-state index contributed by atoms with van der Waals surface area (Å²) < 4.78 is 19.6. The normalized spacial score (nSPS) is 24.8. The van der Waals surface area contributed by atoms with Gasteiger partial charge in [0.2, 0.25) is 11.9 Å². The van der Waals surface area contributed by atoms with Gasteiger partial charge in [0.1, 0.15) is 0 Å². The Morgan fingerprint density at radius 1 is 0.727 bits per heavy atom. The Morgan fingerprint density at radius 2 is 1.18 bits per heavy atom. The summed E-state index contributed by atoms with van der Waals surface area (Å²) in [7, 11) is -3.91. The summed E-state index contributed by atoms with van der Waals surface area (Å²) in [6, 6.07) is 8.74. The molecule has 3 aliphatic rings. The fraction of sp³-hybridized carbons (Fsp3) is 0.727. The second-order valence-corrected chi connectivity index (χ2v) is 25.8. The van der Waals surface area contributed by atoms with Crippen LogP contribution in [-0.4, -0.2) is 82.2 Å². The van der Waals surface area contributed by atoms with Gasteiger partial charge in [-0.3, -0.25) is 0 Å². The molecule has 0 spiro atoms. The van der Waals surface area contributed by atoms with Gasteiger partial charge < -0.3 is 29.1 Å². The van der Waals surface area contributed by atoms with Crippen LogP contribution in [0.4, 0.5) is 17.6 Å². The number of aromatic nitrogens is 3. The highest BCUT2D eigenvalue weighted by molar-refractivity contribution is 6.74. The van der Waals surface area contributed by atoms with E-state index in [0.29, 0.717) is 32.3 Å². The van der Waals surface area contributed by atoms with Crippen molar-refractivity contribution in [1.29, 1.82) is 0 Å². The molecule has 4 heterocycles. The highest BCUT2D eigenvalue weighted by Gasteiger charge is 2.44. The maximum Gasteiger partial charge on any atom is 0.231 e. The largest absolute Gasteiger partial charge is 0.415 e. The number of hydrogen-bond acceptors (Lipinski definition) is 9. The fourth-order valence-electron chi connectivity index (χ4n) is 5.96. The molecule has 3 fully saturated rings. The third kappa shape index (κ3) is 6.86. The molecule has 44 heavy (non-hydrogen) atoms. The zero-order valence-electron chi connectivity index (χ0n) is 28.8. The highest BCUT2D eigenvalue weighted by atomic mass is 28.4. The van der Waals surface area contributed by atoms with Crippen LogP contribution in [0.25, 0.3) is 11.4 Å². The average Bonchev–Trinajstić information content (AvgIpc) is 3.46. The third-order valence-electron chi connectivity index (χ3n) is 11.0. The van der Waals surface area contributed by atoms with Crippen molar-refractivity contribution >= 4 is 34.2 Å². The zero-order chi connectivity index (χ0) is 32.1. The van der Waals surface area contributed by atoms with Crippen LogP contribution in [0.1, 0.15) is 67.2 Å². The van der Waals surface area contributed by atoms with Crippen LogP contribution in [0.3, 0.4) is 0 Å². The van der Waals surface area contributed by atoms with Crippen LogP contribution in [0.15, 0.2) is 24.3 Å². The number of benzene rings is 1. The number of morpholine rings is 1. The Hall–Kier alpha value is -2.06. The molecule has 5 rings (SSSR count). The molecule has 2 N–H and O–H groups in total. The molecule has 4 atom stereocenters. The van der Waals surface area contributed by atoms with Gasteiger partial charge in [-0.05, 0) is 86.2 Å². The zero-order valence-corrected chi connectivity index (χ0v) is 30.8. The number of rotatable bonds is 9. The molecule has 1 aromatic carbocycles. The lowest BCUT2D eigenvalue weighted by Gasteiger charge is -2.40. The predicted octanol–water partition coefficient (Wildman–Crippen LogP) is 6.87. The number of nitrogen functional groups attached to an aromatic ring is 1. The Kier molecular flexibility index (Phi) is 9.29. The van der Waals surface area contributed by atoms with Gasteiger partial charge in [-0.2, -0.15) is 15.0 Å². The van der Waals surface area contributed by atoms with E-state index in [2.05, 4.69) is 77.5 Å². The van der Waals surface area contributed by atoms with E-state index in [-0.39, 0.29) is 34.2 Å². The summed E-state index contributed by atoms with van der Waals surface area (Å²) in [5.41, 5.74) is 7.71. The van der Waals surface area contributed by atoms with E-state index in [1.165, 1.54) is 0 Å². The number of ether oxygens (including phenoxy) is 1. The van der Waals surface area contributed by atoms with Crippen molar-refractivity contribution in [3.8, 4) is 11.4 Å². The number of nitrogens with two attached hydrogens (primary N) is 1. The Morgan fingerprint density at radius 3 is 1.64 bits per heavy atom. The third-order valence-corrected chi connectivity index (χ3v) is 20.0. The quantitative estimate of drug-likeness (QED) is 0.233. The van der Waals surface area contributed by atoms with Gasteiger partial charge in [0.15, 0.2) is 22.5 Å². The van der Waals surface area contributed by atoms with E-state index >= 15 is 0 Å². The van der Waals surface area contributed by atoms with E-state index in [4.69, 9.17) is 34.3 Å². The Balaban J connectivity index is 1.55. The van der Waals surface area contributed by atoms with Crippen LogP contribution in [-0.2, 0) is 13.6 Å². The van der Waals surface area contributed by atoms with Crippen molar-refractivity contribution in [3.63, 3.8) is 0 Å². The molecule has 0 radical (unpaired) electrons. The van der Waals surface area contributed by atoms with E-state index in [1.807, 2.05) is 24.3 Å². The monoisotopic (exact) mass is 640 g/mol. The lowest BCUT2D eigenvalue weighted by atomic mass is 10.2. The minimum atomic E-state index is -1.95. The first-order valence-corrected chi connectivity index (χ1v) is 22.3. The van der Waals surface area contributed by atoms with Gasteiger partial charge in [-0.15, -0.1) is 0 Å². The molecular weight excluding hydrogens is 585 g/mol. The highest BCUT2D eigenvalue weighted by Crippen LogP contribution is 2.41. The van der Waals surface area contributed by atoms with E-state index in [1.54, 1.807) is 0 Å². The maximum absolute atomic E-state index is 6.85. The van der Waals surface area contributed by atoms with Crippen LogP contribution < -0.4 is 15.5 Å². The summed E-state index contributed by atoms with van der Waals surface area (Å²) in [6.07, 6.45) is 4.22. The average molecular weight is 641 g/mol. The first kappa shape index (κ1) is 33.3. The van der Waals surface area contributed by atoms with Crippen molar-refractivity contribution in [3.05, 3.63) is 24.3 Å². The second-order valence-electron chi connectivity index (χ2n) is 16.1. The summed E-state index contributed by atoms with van der Waals surface area (Å²) >= 11 is 0. The molecule has 11 heteroatoms. The van der Waals surface area contributed by atoms with Crippen LogP contribution in [0.5, 0.6) is 0 Å². The molecule has 9 nitrogen and oxygen atoms in total. The number of nitrogens with zero attached hydrogens (tertiary/aromatic N) is 5. The summed E-state index contributed by atoms with van der Waals surface area (Å²) in [5, 5.41) is 0.277. The van der Waals surface area contributed by atoms with Gasteiger partial charge in [-0.25, -0.2) is 0 Å². The van der Waals surface area contributed by atoms with Crippen LogP contribution >= 0.6 is 0 Å². The summed E-state index contributed by atoms with van der Waals surface area (Å²) in [4.78, 5) is 20.4. The van der Waals surface area contributed by atoms with Crippen molar-refractivity contribution in [1.82, 2.24) is 15.0 Å². The van der Waals surface area contributed by atoms with Crippen LogP contribution in [0.2, 0.25) is 36.3 Å². The van der Waals surface area contributed by atoms with Crippen molar-refractivity contribution in [2.24, 2.45) is 0 Å². The Bertz CT molecular complexity index is 1240. The molecule has 2 unspecified atom stereocenters. The molecule has 0 aliphatic carbocycles. The lowest BCUT2D eigenvalue weighted by molar-refractivity contribution is 0.0897. The number of fused-ring (bicyclic) bond motifs is 2. The number of anilines is 3. The SMILES string of the molecule is CC(C)(C)[Si](C)(C)OC[C@H]1CC[C@@H](CO[Si](C)(C)C(C)(C)C)N1c1nc(-c2ccc(N)cc2)nc(N2C3CCC2COC3)n1. The molecule has 0 amide bonds. The van der Waals surface area contributed by atoms with Gasteiger partial charge in [0.05, 0.1) is 50.6 Å². The minimum absolute atomic E-state index is 0.138. The van der Waals surface area contributed by atoms with Crippen molar-refractivity contribution < 1.29 is 13.6 Å². The summed E-state index contributed by atoms with van der Waals surface area (Å²) in [6.45, 7) is 25.9. The smallest absolute Gasteiger partial charge is 0.231 e. The first-order valence-electron chi connectivity index (χ1n) is 16.5. The van der Waals surface area contributed by atoms with Gasteiger partial charge >= 0.3 is 0 Å². The van der Waals surface area contributed by atoms with Crippen molar-refractivity contribution in [2.75, 3.05) is 42.0 Å². The van der Waals surface area contributed by atoms with Crippen LogP contribution in [0, 0.1) is 0 Å². The molecule has 3 saturated heterocycles. The van der Waals surface area contributed by atoms with Gasteiger partial charge in [-0.1, -0.05) is 41.5 Å². The Labute approximate surface area is 267 Å².